The lowest BCUT2D eigenvalue weighted by Crippen LogP contribution is -2.32. The second kappa shape index (κ2) is 5.69. The molecule has 84 valence electrons. The van der Waals surface area contributed by atoms with Crippen LogP contribution < -0.4 is 5.73 Å². The van der Waals surface area contributed by atoms with Gasteiger partial charge in [-0.3, -0.25) is 4.90 Å². The number of rotatable bonds is 5. The molecule has 0 saturated heterocycles. The van der Waals surface area contributed by atoms with Gasteiger partial charge in [-0.25, -0.2) is 0 Å². The lowest BCUT2D eigenvalue weighted by atomic mass is 10.3. The third kappa shape index (κ3) is 7.66. The first-order chi connectivity index (χ1) is 6.35. The number of halogens is 3. The summed E-state index contributed by atoms with van der Waals surface area (Å²) in [4.78, 5) is 1.56. The van der Waals surface area contributed by atoms with E-state index in [1.54, 1.807) is 11.9 Å². The molecule has 14 heavy (non-hydrogen) atoms. The van der Waals surface area contributed by atoms with E-state index in [0.29, 0.717) is 0 Å². The molecular weight excluding hydrogens is 199 g/mol. The fourth-order valence-electron chi connectivity index (χ4n) is 0.937. The van der Waals surface area contributed by atoms with E-state index in [0.717, 1.165) is 0 Å². The van der Waals surface area contributed by atoms with Gasteiger partial charge in [0.15, 0.2) is 5.84 Å². The molecule has 0 amide bonds. The molecule has 0 bridgehead atoms. The number of alkyl halides is 3. The molecule has 0 aliphatic rings. The number of nitrogens with two attached hydrogens (primary N) is 1. The van der Waals surface area contributed by atoms with Crippen molar-refractivity contribution in [2.24, 2.45) is 10.9 Å². The van der Waals surface area contributed by atoms with E-state index in [1.165, 1.54) is 0 Å². The molecule has 3 N–H and O–H groups in total. The fourth-order valence-corrected chi connectivity index (χ4v) is 0.937. The maximum absolute atomic E-state index is 11.7. The van der Waals surface area contributed by atoms with Gasteiger partial charge in [0.1, 0.15) is 0 Å². The largest absolute Gasteiger partial charge is 0.409 e. The van der Waals surface area contributed by atoms with Crippen molar-refractivity contribution in [2.75, 3.05) is 20.1 Å². The minimum absolute atomic E-state index is 0.0126. The quantitative estimate of drug-likeness (QED) is 0.310. The zero-order valence-corrected chi connectivity index (χ0v) is 7.88. The summed E-state index contributed by atoms with van der Waals surface area (Å²) < 4.78 is 35.2. The SMILES string of the molecule is CN(CCCC(F)(F)F)CC(N)=NO. The van der Waals surface area contributed by atoms with Crippen LogP contribution in [-0.2, 0) is 0 Å². The van der Waals surface area contributed by atoms with Gasteiger partial charge in [0.2, 0.25) is 0 Å². The van der Waals surface area contributed by atoms with E-state index in [9.17, 15) is 13.2 Å². The number of amidine groups is 1. The number of hydrogen-bond acceptors (Lipinski definition) is 3. The first-order valence-electron chi connectivity index (χ1n) is 4.07. The number of hydrogen-bond donors (Lipinski definition) is 2. The molecule has 0 spiro atoms. The van der Waals surface area contributed by atoms with Crippen LogP contribution in [0.15, 0.2) is 5.16 Å². The number of nitrogens with zero attached hydrogens (tertiary/aromatic N) is 2. The van der Waals surface area contributed by atoms with Crippen molar-refractivity contribution < 1.29 is 18.4 Å². The Balaban J connectivity index is 3.60. The fraction of sp³-hybridized carbons (Fsp3) is 0.857. The predicted molar refractivity (Wildman–Crippen MR) is 46.2 cm³/mol. The van der Waals surface area contributed by atoms with Crippen molar-refractivity contribution in [3.05, 3.63) is 0 Å². The third-order valence-electron chi connectivity index (χ3n) is 1.56. The van der Waals surface area contributed by atoms with Crippen LogP contribution >= 0.6 is 0 Å². The molecule has 7 heteroatoms. The smallest absolute Gasteiger partial charge is 0.389 e. The molecule has 4 nitrogen and oxygen atoms in total. The number of likely N-dealkylation sites (N-methyl/N-ethyl adjacent to an activating group) is 1. The average molecular weight is 213 g/mol. The highest BCUT2D eigenvalue weighted by Gasteiger charge is 2.26. The Morgan fingerprint density at radius 3 is 2.50 bits per heavy atom. The first kappa shape index (κ1) is 13.0. The molecule has 0 aromatic heterocycles. The van der Waals surface area contributed by atoms with Gasteiger partial charge >= 0.3 is 6.18 Å². The van der Waals surface area contributed by atoms with E-state index >= 15 is 0 Å². The van der Waals surface area contributed by atoms with Gasteiger partial charge in [-0.15, -0.1) is 0 Å². The summed E-state index contributed by atoms with van der Waals surface area (Å²) in [6.45, 7) is 0.421. The Kier molecular flexibility index (Phi) is 5.29. The van der Waals surface area contributed by atoms with Crippen molar-refractivity contribution in [1.29, 1.82) is 0 Å². The monoisotopic (exact) mass is 213 g/mol. The van der Waals surface area contributed by atoms with Crippen LogP contribution in [0.4, 0.5) is 13.2 Å². The average Bonchev–Trinajstić information content (AvgIpc) is 2.01. The molecule has 0 fully saturated rings. The normalized spacial score (nSPS) is 13.6. The molecule has 0 radical (unpaired) electrons. The second-order valence-corrected chi connectivity index (χ2v) is 3.05. The maximum atomic E-state index is 11.7. The molecule has 0 saturated carbocycles. The highest BCUT2D eigenvalue weighted by atomic mass is 19.4. The lowest BCUT2D eigenvalue weighted by molar-refractivity contribution is -0.135. The van der Waals surface area contributed by atoms with Crippen molar-refractivity contribution in [2.45, 2.75) is 19.0 Å². The Hall–Kier alpha value is -0.980. The number of oxime groups is 1. The van der Waals surface area contributed by atoms with Crippen LogP contribution in [-0.4, -0.2) is 42.3 Å². The summed E-state index contributed by atoms with van der Waals surface area (Å²) in [5.74, 6) is -0.0143. The summed E-state index contributed by atoms with van der Waals surface area (Å²) in [5, 5.41) is 10.9. The Morgan fingerprint density at radius 1 is 1.50 bits per heavy atom. The van der Waals surface area contributed by atoms with Gasteiger partial charge in [0.25, 0.3) is 0 Å². The van der Waals surface area contributed by atoms with E-state index in [1.807, 2.05) is 0 Å². The molecule has 0 heterocycles. The molecule has 0 rings (SSSR count). The summed E-state index contributed by atoms with van der Waals surface area (Å²) >= 11 is 0. The molecule has 0 aromatic carbocycles. The lowest BCUT2D eigenvalue weighted by Gasteiger charge is -2.15. The van der Waals surface area contributed by atoms with E-state index in [-0.39, 0.29) is 25.3 Å². The van der Waals surface area contributed by atoms with E-state index in [4.69, 9.17) is 10.9 Å². The summed E-state index contributed by atoms with van der Waals surface area (Å²) in [5.41, 5.74) is 5.17. The van der Waals surface area contributed by atoms with Gasteiger partial charge in [0, 0.05) is 6.42 Å². The standard InChI is InChI=1S/C7H14F3N3O/c1-13(5-6(11)12-14)4-2-3-7(8,9)10/h14H,2-5H2,1H3,(H2,11,12). The van der Waals surface area contributed by atoms with Crippen LogP contribution in [0.25, 0.3) is 0 Å². The van der Waals surface area contributed by atoms with Gasteiger partial charge in [-0.1, -0.05) is 5.16 Å². The highest BCUT2D eigenvalue weighted by Crippen LogP contribution is 2.21. The van der Waals surface area contributed by atoms with Crippen LogP contribution in [0.5, 0.6) is 0 Å². The van der Waals surface area contributed by atoms with E-state index < -0.39 is 12.6 Å². The minimum Gasteiger partial charge on any atom is -0.409 e. The van der Waals surface area contributed by atoms with Gasteiger partial charge in [0.05, 0.1) is 6.54 Å². The Labute approximate surface area is 80.2 Å². The van der Waals surface area contributed by atoms with Crippen LogP contribution in [0, 0.1) is 0 Å². The second-order valence-electron chi connectivity index (χ2n) is 3.05. The summed E-state index contributed by atoms with van der Waals surface area (Å²) in [7, 11) is 1.61. The Morgan fingerprint density at radius 2 is 2.07 bits per heavy atom. The zero-order valence-electron chi connectivity index (χ0n) is 7.88. The van der Waals surface area contributed by atoms with Crippen molar-refractivity contribution in [3.8, 4) is 0 Å². The van der Waals surface area contributed by atoms with Crippen LogP contribution in [0.1, 0.15) is 12.8 Å². The molecule has 0 aliphatic heterocycles. The van der Waals surface area contributed by atoms with Gasteiger partial charge < -0.3 is 10.9 Å². The van der Waals surface area contributed by atoms with Crippen molar-refractivity contribution >= 4 is 5.84 Å². The van der Waals surface area contributed by atoms with E-state index in [2.05, 4.69) is 5.16 Å². The van der Waals surface area contributed by atoms with Crippen LogP contribution in [0.3, 0.4) is 0 Å². The maximum Gasteiger partial charge on any atom is 0.389 e. The molecule has 0 aliphatic carbocycles. The third-order valence-corrected chi connectivity index (χ3v) is 1.56. The molecule has 0 unspecified atom stereocenters. The zero-order chi connectivity index (χ0) is 11.2. The Bertz CT molecular complexity index is 193. The van der Waals surface area contributed by atoms with Gasteiger partial charge in [-0.2, -0.15) is 13.2 Å². The van der Waals surface area contributed by atoms with Crippen molar-refractivity contribution in [1.82, 2.24) is 4.90 Å². The minimum atomic E-state index is -4.11. The summed E-state index contributed by atoms with van der Waals surface area (Å²) in [6.07, 6.45) is -4.91. The van der Waals surface area contributed by atoms with Crippen LogP contribution in [0.2, 0.25) is 0 Å². The molecule has 0 aromatic rings. The molecule has 0 atom stereocenters. The predicted octanol–water partition coefficient (Wildman–Crippen LogP) is 1.01. The van der Waals surface area contributed by atoms with Crippen molar-refractivity contribution in [3.63, 3.8) is 0 Å². The highest BCUT2D eigenvalue weighted by molar-refractivity contribution is 5.81. The van der Waals surface area contributed by atoms with Gasteiger partial charge in [-0.05, 0) is 20.0 Å². The topological polar surface area (TPSA) is 61.8 Å². The first-order valence-corrected chi connectivity index (χ1v) is 4.07. The molecular formula is C7H14F3N3O. The summed E-state index contributed by atoms with van der Waals surface area (Å²) in [6, 6.07) is 0.